The molecule has 0 saturated carbocycles. The predicted octanol–water partition coefficient (Wildman–Crippen LogP) is 6.22. The van der Waals surface area contributed by atoms with Gasteiger partial charge in [0.1, 0.15) is 23.1 Å². The van der Waals surface area contributed by atoms with Gasteiger partial charge >= 0.3 is 0 Å². The third kappa shape index (κ3) is 5.18. The second-order valence-electron chi connectivity index (χ2n) is 7.39. The highest BCUT2D eigenvalue weighted by molar-refractivity contribution is 7.98. The lowest BCUT2D eigenvalue weighted by Gasteiger charge is -2.10. The van der Waals surface area contributed by atoms with Crippen molar-refractivity contribution in [3.05, 3.63) is 100 Å². The number of thiazole rings is 1. The van der Waals surface area contributed by atoms with Crippen LogP contribution in [-0.2, 0) is 18.9 Å². The van der Waals surface area contributed by atoms with E-state index in [2.05, 4.69) is 32.3 Å². The average Bonchev–Trinajstić information content (AvgIpc) is 3.58. The lowest BCUT2D eigenvalue weighted by molar-refractivity contribution is 0.305. The van der Waals surface area contributed by atoms with E-state index in [0.717, 1.165) is 38.8 Å². The zero-order valence-electron chi connectivity index (χ0n) is 18.0. The minimum Gasteiger partial charge on any atom is -0.486 e. The molecule has 0 spiro atoms. The van der Waals surface area contributed by atoms with Crippen molar-refractivity contribution in [1.29, 1.82) is 0 Å². The minimum absolute atomic E-state index is 0.466. The quantitative estimate of drug-likeness (QED) is 0.236. The first-order valence-electron chi connectivity index (χ1n) is 10.5. The van der Waals surface area contributed by atoms with Crippen LogP contribution in [0.2, 0.25) is 0 Å². The first kappa shape index (κ1) is 21.5. The van der Waals surface area contributed by atoms with E-state index >= 15 is 0 Å². The number of aryl methyl sites for hydroxylation is 1. The predicted molar refractivity (Wildman–Crippen MR) is 130 cm³/mol. The lowest BCUT2D eigenvalue weighted by atomic mass is 10.2. The smallest absolute Gasteiger partial charge is 0.192 e. The van der Waals surface area contributed by atoms with Crippen molar-refractivity contribution in [1.82, 2.24) is 19.7 Å². The van der Waals surface area contributed by atoms with E-state index in [1.807, 2.05) is 61.5 Å². The van der Waals surface area contributed by atoms with Gasteiger partial charge in [-0.25, -0.2) is 4.98 Å². The molecule has 0 radical (unpaired) electrons. The monoisotopic (exact) mass is 474 g/mol. The lowest BCUT2D eigenvalue weighted by Crippen LogP contribution is -2.04. The van der Waals surface area contributed by atoms with E-state index in [4.69, 9.17) is 14.1 Å². The van der Waals surface area contributed by atoms with Crippen molar-refractivity contribution in [2.24, 2.45) is 0 Å². The zero-order chi connectivity index (χ0) is 22.5. The Morgan fingerprint density at radius 1 is 1.00 bits per heavy atom. The van der Waals surface area contributed by atoms with Crippen molar-refractivity contribution in [3.63, 3.8) is 0 Å². The maximum Gasteiger partial charge on any atom is 0.192 e. The fourth-order valence-corrected chi connectivity index (χ4v) is 5.04. The molecule has 0 aliphatic carbocycles. The first-order chi connectivity index (χ1) is 16.3. The number of benzene rings is 2. The summed E-state index contributed by atoms with van der Waals surface area (Å²) in [7, 11) is 0. The van der Waals surface area contributed by atoms with Gasteiger partial charge in [0.2, 0.25) is 0 Å². The van der Waals surface area contributed by atoms with Crippen molar-refractivity contribution in [3.8, 4) is 17.1 Å². The minimum atomic E-state index is 0.466. The van der Waals surface area contributed by atoms with Crippen LogP contribution in [0, 0.1) is 6.92 Å². The van der Waals surface area contributed by atoms with Crippen LogP contribution in [0.3, 0.4) is 0 Å². The van der Waals surface area contributed by atoms with Gasteiger partial charge in [-0.2, -0.15) is 0 Å². The van der Waals surface area contributed by atoms with Crippen LogP contribution in [0.5, 0.6) is 5.75 Å². The molecular weight excluding hydrogens is 452 g/mol. The van der Waals surface area contributed by atoms with Crippen LogP contribution in [-0.4, -0.2) is 19.7 Å². The van der Waals surface area contributed by atoms with Crippen LogP contribution in [0.15, 0.2) is 87.9 Å². The van der Waals surface area contributed by atoms with Crippen LogP contribution in [0.4, 0.5) is 0 Å². The molecule has 0 N–H and O–H groups in total. The number of furan rings is 1. The summed E-state index contributed by atoms with van der Waals surface area (Å²) >= 11 is 3.24. The number of rotatable bonds is 9. The molecule has 0 bridgehead atoms. The number of hydrogen-bond donors (Lipinski definition) is 0. The summed E-state index contributed by atoms with van der Waals surface area (Å²) in [6, 6.07) is 22.1. The van der Waals surface area contributed by atoms with Gasteiger partial charge in [-0.3, -0.25) is 4.57 Å². The highest BCUT2D eigenvalue weighted by atomic mass is 32.2. The zero-order valence-corrected chi connectivity index (χ0v) is 19.7. The largest absolute Gasteiger partial charge is 0.486 e. The second kappa shape index (κ2) is 10.1. The molecule has 3 heterocycles. The summed E-state index contributed by atoms with van der Waals surface area (Å²) in [4.78, 5) is 4.73. The number of thioether (sulfide) groups is 1. The molecular formula is C25H22N4O2S2. The Balaban J connectivity index is 1.31. The van der Waals surface area contributed by atoms with E-state index in [-0.39, 0.29) is 0 Å². The molecule has 166 valence electrons. The van der Waals surface area contributed by atoms with Crippen molar-refractivity contribution >= 4 is 23.1 Å². The molecule has 0 atom stereocenters. The average molecular weight is 475 g/mol. The molecule has 5 rings (SSSR count). The third-order valence-electron chi connectivity index (χ3n) is 5.05. The normalized spacial score (nSPS) is 11.1. The van der Waals surface area contributed by atoms with Gasteiger partial charge < -0.3 is 9.15 Å². The number of hydrogen-bond acceptors (Lipinski definition) is 7. The van der Waals surface area contributed by atoms with Crippen LogP contribution in [0.1, 0.15) is 22.0 Å². The van der Waals surface area contributed by atoms with Gasteiger partial charge in [0, 0.05) is 11.1 Å². The van der Waals surface area contributed by atoms with Gasteiger partial charge in [-0.05, 0) is 30.7 Å². The van der Waals surface area contributed by atoms with E-state index in [9.17, 15) is 0 Å². The maximum atomic E-state index is 5.82. The standard InChI is InChI=1S/C25H22N4O2S2/c1-18-22(12-13-30-18)24-27-28-25(29(24)14-19-8-4-2-5-9-19)33-17-20-16-32-23(26-20)15-31-21-10-6-3-7-11-21/h2-13,16H,14-15,17H2,1H3. The Morgan fingerprint density at radius 3 is 2.55 bits per heavy atom. The molecule has 0 aliphatic rings. The maximum absolute atomic E-state index is 5.82. The molecule has 6 nitrogen and oxygen atoms in total. The number of ether oxygens (including phenoxy) is 1. The van der Waals surface area contributed by atoms with Gasteiger partial charge in [-0.15, -0.1) is 21.5 Å². The molecule has 3 aromatic heterocycles. The molecule has 0 saturated heterocycles. The van der Waals surface area contributed by atoms with Gasteiger partial charge in [-0.1, -0.05) is 60.3 Å². The number of nitrogens with zero attached hydrogens (tertiary/aromatic N) is 4. The Labute approximate surface area is 200 Å². The highest BCUT2D eigenvalue weighted by Crippen LogP contribution is 2.30. The van der Waals surface area contributed by atoms with Crippen LogP contribution in [0.25, 0.3) is 11.4 Å². The van der Waals surface area contributed by atoms with Gasteiger partial charge in [0.15, 0.2) is 11.0 Å². The SMILES string of the molecule is Cc1occc1-c1nnc(SCc2csc(COc3ccccc3)n2)n1Cc1ccccc1. The van der Waals surface area contributed by atoms with Gasteiger partial charge in [0.05, 0.1) is 24.1 Å². The molecule has 5 aromatic rings. The summed E-state index contributed by atoms with van der Waals surface area (Å²) < 4.78 is 13.5. The highest BCUT2D eigenvalue weighted by Gasteiger charge is 2.18. The Bertz CT molecular complexity index is 1310. The van der Waals surface area contributed by atoms with E-state index < -0.39 is 0 Å². The Kier molecular flexibility index (Phi) is 6.55. The molecule has 0 aliphatic heterocycles. The summed E-state index contributed by atoms with van der Waals surface area (Å²) in [5.74, 6) is 3.19. The number of aromatic nitrogens is 4. The third-order valence-corrected chi connectivity index (χ3v) is 6.93. The molecule has 0 amide bonds. The van der Waals surface area contributed by atoms with Gasteiger partial charge in [0.25, 0.3) is 0 Å². The summed E-state index contributed by atoms with van der Waals surface area (Å²) in [6.45, 7) is 3.09. The van der Waals surface area contributed by atoms with E-state index in [1.54, 1.807) is 29.4 Å². The fourth-order valence-electron chi connectivity index (χ4n) is 3.40. The molecule has 8 heteroatoms. The van der Waals surface area contributed by atoms with E-state index in [1.165, 1.54) is 5.56 Å². The molecule has 0 fully saturated rings. The summed E-state index contributed by atoms with van der Waals surface area (Å²) in [5.41, 5.74) is 3.15. The molecule has 33 heavy (non-hydrogen) atoms. The summed E-state index contributed by atoms with van der Waals surface area (Å²) in [5, 5.41) is 12.9. The number of para-hydroxylation sites is 1. The Morgan fingerprint density at radius 2 is 1.79 bits per heavy atom. The topological polar surface area (TPSA) is 66.0 Å². The van der Waals surface area contributed by atoms with Crippen LogP contribution >= 0.6 is 23.1 Å². The molecule has 0 unspecified atom stereocenters. The van der Waals surface area contributed by atoms with Crippen LogP contribution < -0.4 is 4.74 Å². The van der Waals surface area contributed by atoms with E-state index in [0.29, 0.717) is 18.9 Å². The van der Waals surface area contributed by atoms with Crippen molar-refractivity contribution in [2.45, 2.75) is 31.0 Å². The fraction of sp³-hybridized carbons (Fsp3) is 0.160. The van der Waals surface area contributed by atoms with Crippen molar-refractivity contribution in [2.75, 3.05) is 0 Å². The summed E-state index contributed by atoms with van der Waals surface area (Å²) in [6.07, 6.45) is 1.69. The first-order valence-corrected chi connectivity index (χ1v) is 12.4. The second-order valence-corrected chi connectivity index (χ2v) is 9.28. The Hall–Kier alpha value is -3.36. The molecule has 2 aromatic carbocycles. The van der Waals surface area contributed by atoms with Crippen molar-refractivity contribution < 1.29 is 9.15 Å².